The fraction of sp³-hybridized carbons (Fsp3) is 0.381. The van der Waals surface area contributed by atoms with Crippen molar-refractivity contribution in [3.63, 3.8) is 0 Å². The fourth-order valence-electron chi connectivity index (χ4n) is 3.45. The summed E-state index contributed by atoms with van der Waals surface area (Å²) in [6, 6.07) is 5.53. The Bertz CT molecular complexity index is 1070. The molecule has 0 radical (unpaired) electrons. The summed E-state index contributed by atoms with van der Waals surface area (Å²) >= 11 is 13.9. The number of nitrogens with one attached hydrogen (secondary N) is 3. The van der Waals surface area contributed by atoms with Gasteiger partial charge >= 0.3 is 0 Å². The zero-order valence-corrected chi connectivity index (χ0v) is 20.8. The number of anilines is 1. The third-order valence-corrected chi connectivity index (χ3v) is 7.32. The average Bonchev–Trinajstić information content (AvgIpc) is 3.30. The molecule has 0 saturated heterocycles. The Hall–Kier alpha value is -2.36. The van der Waals surface area contributed by atoms with Crippen LogP contribution in [0, 0.1) is 5.92 Å². The topological polar surface area (TPSA) is 91.3 Å². The molecule has 8 nitrogen and oxygen atoms in total. The number of rotatable bonds is 7. The Morgan fingerprint density at radius 1 is 1.22 bits per heavy atom. The summed E-state index contributed by atoms with van der Waals surface area (Å²) in [5, 5.41) is 9.47. The largest absolute Gasteiger partial charge is 0.371 e. The highest BCUT2D eigenvalue weighted by Gasteiger charge is 2.33. The van der Waals surface area contributed by atoms with E-state index >= 15 is 0 Å². The quantitative estimate of drug-likeness (QED) is 0.541. The summed E-state index contributed by atoms with van der Waals surface area (Å²) < 4.78 is 1.52. The van der Waals surface area contributed by atoms with Gasteiger partial charge in [-0.1, -0.05) is 54.9 Å². The SMILES string of the molecule is CNC(=O)c1c(NC)ncn1CC(=O)NC1SC(C(C)C)=C(c2ccc(Cl)c(Cl)c2)N1C. The molecule has 0 saturated carbocycles. The van der Waals surface area contributed by atoms with Crippen molar-refractivity contribution in [2.75, 3.05) is 26.5 Å². The molecule has 1 aliphatic heterocycles. The molecule has 2 aromatic rings. The van der Waals surface area contributed by atoms with Gasteiger partial charge in [-0.25, -0.2) is 4.98 Å². The third kappa shape index (κ3) is 4.84. The summed E-state index contributed by atoms with van der Waals surface area (Å²) in [5.41, 5.74) is 1.93. The maximum absolute atomic E-state index is 12.9. The van der Waals surface area contributed by atoms with Crippen LogP contribution in [0.3, 0.4) is 0 Å². The van der Waals surface area contributed by atoms with Gasteiger partial charge in [0.05, 0.1) is 22.1 Å². The lowest BCUT2D eigenvalue weighted by molar-refractivity contribution is -0.122. The van der Waals surface area contributed by atoms with E-state index in [4.69, 9.17) is 23.2 Å². The van der Waals surface area contributed by atoms with Gasteiger partial charge < -0.3 is 25.4 Å². The fourth-order valence-corrected chi connectivity index (χ4v) is 5.09. The number of imidazole rings is 1. The van der Waals surface area contributed by atoms with Gasteiger partial charge in [0.25, 0.3) is 5.91 Å². The Morgan fingerprint density at radius 2 is 1.94 bits per heavy atom. The first-order chi connectivity index (χ1) is 15.2. The molecular formula is C21H26Cl2N6O2S. The minimum atomic E-state index is -0.322. The van der Waals surface area contributed by atoms with Gasteiger partial charge in [-0.15, -0.1) is 0 Å². The lowest BCUT2D eigenvalue weighted by Crippen LogP contribution is -2.42. The number of thioether (sulfide) groups is 1. The minimum Gasteiger partial charge on any atom is -0.371 e. The van der Waals surface area contributed by atoms with E-state index in [9.17, 15) is 9.59 Å². The van der Waals surface area contributed by atoms with E-state index in [1.165, 1.54) is 17.9 Å². The molecule has 1 unspecified atom stereocenters. The van der Waals surface area contributed by atoms with Crippen LogP contribution < -0.4 is 16.0 Å². The highest BCUT2D eigenvalue weighted by atomic mass is 35.5. The van der Waals surface area contributed by atoms with E-state index in [0.717, 1.165) is 16.2 Å². The van der Waals surface area contributed by atoms with Crippen molar-refractivity contribution in [3.05, 3.63) is 50.7 Å². The highest BCUT2D eigenvalue weighted by molar-refractivity contribution is 8.04. The maximum atomic E-state index is 12.9. The van der Waals surface area contributed by atoms with Gasteiger partial charge in [0, 0.05) is 31.6 Å². The molecule has 11 heteroatoms. The van der Waals surface area contributed by atoms with Gasteiger partial charge in [-0.05, 0) is 18.1 Å². The van der Waals surface area contributed by atoms with E-state index < -0.39 is 0 Å². The zero-order valence-electron chi connectivity index (χ0n) is 18.5. The van der Waals surface area contributed by atoms with Crippen LogP contribution >= 0.6 is 35.0 Å². The van der Waals surface area contributed by atoms with Crippen molar-refractivity contribution < 1.29 is 9.59 Å². The lowest BCUT2D eigenvalue weighted by atomic mass is 10.1. The number of allylic oxidation sites excluding steroid dienone is 1. The van der Waals surface area contributed by atoms with Crippen LogP contribution in [0.1, 0.15) is 29.9 Å². The van der Waals surface area contributed by atoms with Crippen molar-refractivity contribution >= 4 is 58.3 Å². The van der Waals surface area contributed by atoms with E-state index in [0.29, 0.717) is 21.6 Å². The van der Waals surface area contributed by atoms with Crippen molar-refractivity contribution in [1.82, 2.24) is 25.1 Å². The number of amides is 2. The van der Waals surface area contributed by atoms with Gasteiger partial charge in [0.1, 0.15) is 6.54 Å². The molecule has 0 fully saturated rings. The van der Waals surface area contributed by atoms with Gasteiger partial charge in [0.15, 0.2) is 17.0 Å². The Labute approximate surface area is 201 Å². The molecule has 2 heterocycles. The number of hydrogen-bond donors (Lipinski definition) is 3. The van der Waals surface area contributed by atoms with Crippen LogP contribution in [0.5, 0.6) is 0 Å². The van der Waals surface area contributed by atoms with Crippen LogP contribution in [0.4, 0.5) is 5.82 Å². The van der Waals surface area contributed by atoms with Crippen LogP contribution in [-0.4, -0.2) is 52.9 Å². The van der Waals surface area contributed by atoms with Gasteiger partial charge in [0.2, 0.25) is 5.91 Å². The molecular weight excluding hydrogens is 471 g/mol. The monoisotopic (exact) mass is 496 g/mol. The molecule has 1 aromatic carbocycles. The van der Waals surface area contributed by atoms with E-state index in [1.807, 2.05) is 24.1 Å². The Kier molecular flexibility index (Phi) is 7.63. The second kappa shape index (κ2) is 10.1. The molecule has 0 bridgehead atoms. The molecule has 3 rings (SSSR count). The van der Waals surface area contributed by atoms with Crippen LogP contribution in [0.25, 0.3) is 5.70 Å². The van der Waals surface area contributed by atoms with Crippen LogP contribution in [0.2, 0.25) is 10.0 Å². The Morgan fingerprint density at radius 3 is 2.53 bits per heavy atom. The van der Waals surface area contributed by atoms with E-state index in [-0.39, 0.29) is 29.8 Å². The smallest absolute Gasteiger partial charge is 0.271 e. The zero-order chi connectivity index (χ0) is 23.6. The summed E-state index contributed by atoms with van der Waals surface area (Å²) in [5.74, 6) is 0.103. The van der Waals surface area contributed by atoms with Crippen molar-refractivity contribution in [2.24, 2.45) is 5.92 Å². The second-order valence-corrected chi connectivity index (χ2v) is 9.48. The molecule has 1 aliphatic rings. The maximum Gasteiger partial charge on any atom is 0.271 e. The first-order valence-electron chi connectivity index (χ1n) is 10.0. The van der Waals surface area contributed by atoms with E-state index in [1.54, 1.807) is 24.9 Å². The number of benzene rings is 1. The van der Waals surface area contributed by atoms with Crippen molar-refractivity contribution in [3.8, 4) is 0 Å². The molecule has 0 aliphatic carbocycles. The average molecular weight is 497 g/mol. The summed E-state index contributed by atoms with van der Waals surface area (Å²) in [7, 11) is 5.14. The predicted molar refractivity (Wildman–Crippen MR) is 131 cm³/mol. The minimum absolute atomic E-state index is 0.0402. The molecule has 172 valence electrons. The van der Waals surface area contributed by atoms with Crippen molar-refractivity contribution in [1.29, 1.82) is 0 Å². The molecule has 1 atom stereocenters. The first-order valence-corrected chi connectivity index (χ1v) is 11.6. The summed E-state index contributed by atoms with van der Waals surface area (Å²) in [6.07, 6.45) is 1.47. The molecule has 32 heavy (non-hydrogen) atoms. The number of halogens is 2. The number of aromatic nitrogens is 2. The third-order valence-electron chi connectivity index (χ3n) is 5.01. The van der Waals surface area contributed by atoms with Crippen molar-refractivity contribution in [2.45, 2.75) is 25.9 Å². The van der Waals surface area contributed by atoms with Gasteiger partial charge in [-0.2, -0.15) is 0 Å². The molecule has 1 aromatic heterocycles. The number of nitrogens with zero attached hydrogens (tertiary/aromatic N) is 3. The number of carbonyl (C=O) groups excluding carboxylic acids is 2. The number of carbonyl (C=O) groups is 2. The Balaban J connectivity index is 1.79. The van der Waals surface area contributed by atoms with E-state index in [2.05, 4.69) is 34.8 Å². The first kappa shape index (κ1) is 24.3. The second-order valence-electron chi connectivity index (χ2n) is 7.54. The highest BCUT2D eigenvalue weighted by Crippen LogP contribution is 2.45. The predicted octanol–water partition coefficient (Wildman–Crippen LogP) is 3.69. The molecule has 0 spiro atoms. The normalized spacial score (nSPS) is 16.0. The van der Waals surface area contributed by atoms with Gasteiger partial charge in [-0.3, -0.25) is 9.59 Å². The summed E-state index contributed by atoms with van der Waals surface area (Å²) in [6.45, 7) is 4.18. The molecule has 3 N–H and O–H groups in total. The number of hydrogen-bond acceptors (Lipinski definition) is 6. The summed E-state index contributed by atoms with van der Waals surface area (Å²) in [4.78, 5) is 32.5. The van der Waals surface area contributed by atoms with Crippen LogP contribution in [-0.2, 0) is 11.3 Å². The van der Waals surface area contributed by atoms with Crippen LogP contribution in [0.15, 0.2) is 29.4 Å². The molecule has 2 amide bonds. The lowest BCUT2D eigenvalue weighted by Gasteiger charge is -2.25. The standard InChI is InChI=1S/C21H26Cl2N6O2S/c1-11(2)18-16(12-6-7-13(22)14(23)8-12)28(5)21(32-18)27-15(30)9-29-10-26-19(24-3)17(29)20(31)25-4/h6-8,10-11,21,24H,9H2,1-5H3,(H,25,31)(H,27,30).